The Hall–Kier alpha value is -0.880. The van der Waals surface area contributed by atoms with Gasteiger partial charge in [0.1, 0.15) is 0 Å². The summed E-state index contributed by atoms with van der Waals surface area (Å²) in [4.78, 5) is 11.8. The molecular formula is C9H4Cl3N3OS. The Morgan fingerprint density at radius 1 is 1.18 bits per heavy atom. The predicted molar refractivity (Wildman–Crippen MR) is 69.3 cm³/mol. The molecule has 1 N–H and O–H groups in total. The Morgan fingerprint density at radius 3 is 2.35 bits per heavy atom. The maximum atomic E-state index is 11.8. The molecule has 2 rings (SSSR count). The number of nitrogens with one attached hydrogen (secondary N) is 1. The lowest BCUT2D eigenvalue weighted by Crippen LogP contribution is -2.12. The molecule has 17 heavy (non-hydrogen) atoms. The zero-order valence-electron chi connectivity index (χ0n) is 8.08. The molecule has 0 spiro atoms. The van der Waals surface area contributed by atoms with Gasteiger partial charge >= 0.3 is 0 Å². The summed E-state index contributed by atoms with van der Waals surface area (Å²) in [6.07, 6.45) is 0. The molecular weight excluding hydrogens is 305 g/mol. The number of rotatable bonds is 2. The van der Waals surface area contributed by atoms with Gasteiger partial charge in [-0.25, -0.2) is 0 Å². The van der Waals surface area contributed by atoms with Crippen LogP contribution in [0.3, 0.4) is 0 Å². The van der Waals surface area contributed by atoms with Gasteiger partial charge in [-0.2, -0.15) is 0 Å². The molecule has 4 nitrogen and oxygen atoms in total. The lowest BCUT2D eigenvalue weighted by molar-refractivity contribution is 0.102. The van der Waals surface area contributed by atoms with Crippen molar-refractivity contribution in [2.24, 2.45) is 0 Å². The highest BCUT2D eigenvalue weighted by Gasteiger charge is 2.15. The third-order valence-electron chi connectivity index (χ3n) is 1.80. The summed E-state index contributed by atoms with van der Waals surface area (Å²) in [6, 6.07) is 4.92. The Bertz CT molecular complexity index is 552. The summed E-state index contributed by atoms with van der Waals surface area (Å²) >= 11 is 18.4. The number of hydrogen-bond donors (Lipinski definition) is 1. The van der Waals surface area contributed by atoms with Gasteiger partial charge in [-0.05, 0) is 23.7 Å². The van der Waals surface area contributed by atoms with Crippen LogP contribution < -0.4 is 5.32 Å². The first-order chi connectivity index (χ1) is 8.08. The van der Waals surface area contributed by atoms with Crippen LogP contribution in [0.1, 0.15) is 9.80 Å². The predicted octanol–water partition coefficient (Wildman–Crippen LogP) is 3.75. The maximum absolute atomic E-state index is 11.8. The van der Waals surface area contributed by atoms with Crippen molar-refractivity contribution in [3.63, 3.8) is 0 Å². The van der Waals surface area contributed by atoms with E-state index in [4.69, 9.17) is 34.8 Å². The molecule has 1 aromatic heterocycles. The third kappa shape index (κ3) is 2.87. The Morgan fingerprint density at radius 2 is 1.82 bits per heavy atom. The standard InChI is InChI=1S/C9H4Cl3N3OS/c10-4-2-1-3-5(11)6(4)13-7(16)8-14-15-9(12)17-8/h1-3H,(H,13,16). The summed E-state index contributed by atoms with van der Waals surface area (Å²) < 4.78 is 0.195. The SMILES string of the molecule is O=C(Nc1c(Cl)cccc1Cl)c1nnc(Cl)s1. The highest BCUT2D eigenvalue weighted by molar-refractivity contribution is 7.17. The van der Waals surface area contributed by atoms with E-state index >= 15 is 0 Å². The third-order valence-corrected chi connectivity index (χ3v) is 3.44. The first-order valence-electron chi connectivity index (χ1n) is 4.32. The number of para-hydroxylation sites is 1. The van der Waals surface area contributed by atoms with Gasteiger partial charge in [0.05, 0.1) is 15.7 Å². The lowest BCUT2D eigenvalue weighted by atomic mass is 10.3. The zero-order chi connectivity index (χ0) is 12.4. The smallest absolute Gasteiger partial charge is 0.286 e. The van der Waals surface area contributed by atoms with Crippen molar-refractivity contribution in [1.82, 2.24) is 10.2 Å². The second-order valence-corrected chi connectivity index (χ2v) is 5.28. The van der Waals surface area contributed by atoms with E-state index in [2.05, 4.69) is 15.5 Å². The second-order valence-electron chi connectivity index (χ2n) is 2.91. The molecule has 0 unspecified atom stereocenters. The minimum absolute atomic E-state index is 0.144. The number of anilines is 1. The minimum Gasteiger partial charge on any atom is -0.317 e. The summed E-state index contributed by atoms with van der Waals surface area (Å²) in [5, 5.41) is 10.5. The van der Waals surface area contributed by atoms with Crippen molar-refractivity contribution < 1.29 is 4.79 Å². The van der Waals surface area contributed by atoms with E-state index in [0.717, 1.165) is 11.3 Å². The van der Waals surface area contributed by atoms with E-state index in [9.17, 15) is 4.79 Å². The number of hydrogen-bond acceptors (Lipinski definition) is 4. The fourth-order valence-corrected chi connectivity index (χ4v) is 2.30. The molecule has 0 saturated carbocycles. The summed E-state index contributed by atoms with van der Waals surface area (Å²) in [7, 11) is 0. The highest BCUT2D eigenvalue weighted by Crippen LogP contribution is 2.30. The lowest BCUT2D eigenvalue weighted by Gasteiger charge is -2.06. The van der Waals surface area contributed by atoms with E-state index < -0.39 is 5.91 Å². The zero-order valence-corrected chi connectivity index (χ0v) is 11.2. The average Bonchev–Trinajstić information content (AvgIpc) is 2.70. The Kier molecular flexibility index (Phi) is 3.83. The van der Waals surface area contributed by atoms with E-state index in [1.165, 1.54) is 0 Å². The molecule has 0 saturated heterocycles. The quantitative estimate of drug-likeness (QED) is 0.919. The van der Waals surface area contributed by atoms with E-state index in [0.29, 0.717) is 15.7 Å². The first kappa shape index (κ1) is 12.6. The van der Waals surface area contributed by atoms with E-state index in [1.54, 1.807) is 18.2 Å². The monoisotopic (exact) mass is 307 g/mol. The molecule has 88 valence electrons. The molecule has 1 amide bonds. The molecule has 1 aromatic carbocycles. The molecule has 8 heteroatoms. The van der Waals surface area contributed by atoms with Crippen LogP contribution in [-0.2, 0) is 0 Å². The summed E-state index contributed by atoms with van der Waals surface area (Å²) in [5.74, 6) is -0.454. The van der Waals surface area contributed by atoms with Crippen LogP contribution in [0.4, 0.5) is 5.69 Å². The molecule has 0 atom stereocenters. The van der Waals surface area contributed by atoms with Crippen LogP contribution in [0.25, 0.3) is 0 Å². The van der Waals surface area contributed by atoms with Crippen LogP contribution >= 0.6 is 46.1 Å². The highest BCUT2D eigenvalue weighted by atomic mass is 35.5. The van der Waals surface area contributed by atoms with Crippen LogP contribution in [0.15, 0.2) is 18.2 Å². The summed E-state index contributed by atoms with van der Waals surface area (Å²) in [6.45, 7) is 0. The largest absolute Gasteiger partial charge is 0.317 e. The molecule has 2 aromatic rings. The van der Waals surface area contributed by atoms with Crippen molar-refractivity contribution in [2.45, 2.75) is 0 Å². The van der Waals surface area contributed by atoms with Gasteiger partial charge in [0.2, 0.25) is 9.47 Å². The minimum atomic E-state index is -0.454. The maximum Gasteiger partial charge on any atom is 0.286 e. The first-order valence-corrected chi connectivity index (χ1v) is 6.27. The van der Waals surface area contributed by atoms with Crippen LogP contribution in [0.5, 0.6) is 0 Å². The molecule has 0 aliphatic carbocycles. The topological polar surface area (TPSA) is 54.9 Å². The molecule has 0 fully saturated rings. The molecule has 0 radical (unpaired) electrons. The molecule has 0 bridgehead atoms. The fourth-order valence-electron chi connectivity index (χ4n) is 1.08. The number of carbonyl (C=O) groups excluding carboxylic acids is 1. The van der Waals surface area contributed by atoms with Gasteiger partial charge in [0, 0.05) is 0 Å². The van der Waals surface area contributed by atoms with E-state index in [-0.39, 0.29) is 9.47 Å². The number of benzene rings is 1. The normalized spacial score (nSPS) is 10.3. The second kappa shape index (κ2) is 5.18. The van der Waals surface area contributed by atoms with Gasteiger partial charge in [0.25, 0.3) is 5.91 Å². The van der Waals surface area contributed by atoms with Gasteiger partial charge in [0.15, 0.2) is 0 Å². The summed E-state index contributed by atoms with van der Waals surface area (Å²) in [5.41, 5.74) is 0.340. The van der Waals surface area contributed by atoms with Gasteiger partial charge in [-0.1, -0.05) is 40.6 Å². The number of carbonyl (C=O) groups is 1. The molecule has 0 aliphatic heterocycles. The van der Waals surface area contributed by atoms with Crippen LogP contribution in [-0.4, -0.2) is 16.1 Å². The fraction of sp³-hybridized carbons (Fsp3) is 0. The number of nitrogens with zero attached hydrogens (tertiary/aromatic N) is 2. The van der Waals surface area contributed by atoms with Crippen molar-refractivity contribution in [1.29, 1.82) is 0 Å². The van der Waals surface area contributed by atoms with Crippen LogP contribution in [0, 0.1) is 0 Å². The van der Waals surface area contributed by atoms with Gasteiger partial charge < -0.3 is 5.32 Å². The number of halogens is 3. The average molecular weight is 309 g/mol. The molecule has 0 aliphatic rings. The van der Waals surface area contributed by atoms with Crippen molar-refractivity contribution in [3.05, 3.63) is 37.7 Å². The van der Waals surface area contributed by atoms with Gasteiger partial charge in [-0.3, -0.25) is 4.79 Å². The van der Waals surface area contributed by atoms with Crippen molar-refractivity contribution >= 4 is 57.7 Å². The van der Waals surface area contributed by atoms with Crippen molar-refractivity contribution in [2.75, 3.05) is 5.32 Å². The number of amides is 1. The molecule has 1 heterocycles. The number of aromatic nitrogens is 2. The van der Waals surface area contributed by atoms with Crippen LogP contribution in [0.2, 0.25) is 14.5 Å². The van der Waals surface area contributed by atoms with E-state index in [1.807, 2.05) is 0 Å². The van der Waals surface area contributed by atoms with Crippen molar-refractivity contribution in [3.8, 4) is 0 Å². The van der Waals surface area contributed by atoms with Gasteiger partial charge in [-0.15, -0.1) is 10.2 Å². The Balaban J connectivity index is 2.24. The Labute approximate surface area is 116 Å².